The van der Waals surface area contributed by atoms with Crippen LogP contribution in [0.3, 0.4) is 0 Å². The highest BCUT2D eigenvalue weighted by atomic mass is 16.4. The maximum Gasteiger partial charge on any atom is 0.301 e. The Morgan fingerprint density at radius 3 is 2.68 bits per heavy atom. The first-order chi connectivity index (χ1) is 9.14. The molecular formula is C13H17N3O3. The maximum absolute atomic E-state index is 12.2. The van der Waals surface area contributed by atoms with E-state index in [0.717, 1.165) is 19.3 Å². The van der Waals surface area contributed by atoms with Crippen LogP contribution in [0, 0.1) is 5.41 Å². The summed E-state index contributed by atoms with van der Waals surface area (Å²) in [7, 11) is 0. The van der Waals surface area contributed by atoms with Gasteiger partial charge in [-0.15, -0.1) is 0 Å². The second-order valence-electron chi connectivity index (χ2n) is 5.27. The number of oxazole rings is 1. The van der Waals surface area contributed by atoms with Crippen LogP contribution in [-0.4, -0.2) is 22.8 Å². The molecule has 2 fully saturated rings. The van der Waals surface area contributed by atoms with Gasteiger partial charge in [-0.1, -0.05) is 6.92 Å². The van der Waals surface area contributed by atoms with Gasteiger partial charge in [0.2, 0.25) is 11.8 Å². The summed E-state index contributed by atoms with van der Waals surface area (Å²) in [5, 5.41) is 5.49. The Hall–Kier alpha value is -1.85. The number of anilines is 1. The number of rotatable bonds is 5. The highest BCUT2D eigenvalue weighted by Gasteiger charge is 2.57. The summed E-state index contributed by atoms with van der Waals surface area (Å²) in [5.74, 6) is 0.243. The van der Waals surface area contributed by atoms with Crippen molar-refractivity contribution >= 4 is 17.8 Å². The van der Waals surface area contributed by atoms with Gasteiger partial charge in [0.1, 0.15) is 11.2 Å². The molecule has 3 rings (SSSR count). The summed E-state index contributed by atoms with van der Waals surface area (Å²) in [6.45, 7) is 1.94. The van der Waals surface area contributed by atoms with Gasteiger partial charge in [0, 0.05) is 12.5 Å². The molecule has 19 heavy (non-hydrogen) atoms. The third-order valence-corrected chi connectivity index (χ3v) is 3.65. The van der Waals surface area contributed by atoms with Crippen LogP contribution in [0.25, 0.3) is 0 Å². The Balaban J connectivity index is 1.64. The maximum atomic E-state index is 12.2. The first kappa shape index (κ1) is 12.2. The summed E-state index contributed by atoms with van der Waals surface area (Å²) in [6, 6.07) is 0.443. The largest absolute Gasteiger partial charge is 0.429 e. The molecule has 2 saturated carbocycles. The topological polar surface area (TPSA) is 84.2 Å². The number of nitrogens with zero attached hydrogens (tertiary/aromatic N) is 1. The van der Waals surface area contributed by atoms with Gasteiger partial charge >= 0.3 is 6.01 Å². The van der Waals surface area contributed by atoms with Crippen molar-refractivity contribution in [2.24, 2.45) is 5.41 Å². The fourth-order valence-corrected chi connectivity index (χ4v) is 1.98. The second-order valence-corrected chi connectivity index (χ2v) is 5.27. The van der Waals surface area contributed by atoms with Crippen LogP contribution in [0.15, 0.2) is 10.6 Å². The molecule has 1 aromatic heterocycles. The molecule has 0 radical (unpaired) electrons. The van der Waals surface area contributed by atoms with Crippen LogP contribution in [-0.2, 0) is 16.0 Å². The van der Waals surface area contributed by atoms with Crippen molar-refractivity contribution in [1.29, 1.82) is 0 Å². The van der Waals surface area contributed by atoms with Crippen LogP contribution in [0.4, 0.5) is 6.01 Å². The minimum Gasteiger partial charge on any atom is -0.429 e. The number of carbonyl (C=O) groups excluding carboxylic acids is 2. The Labute approximate surface area is 111 Å². The lowest BCUT2D eigenvalue weighted by molar-refractivity contribution is -0.134. The van der Waals surface area contributed by atoms with Crippen LogP contribution >= 0.6 is 0 Å². The van der Waals surface area contributed by atoms with Crippen molar-refractivity contribution in [2.75, 3.05) is 5.32 Å². The molecule has 0 bridgehead atoms. The van der Waals surface area contributed by atoms with E-state index >= 15 is 0 Å². The van der Waals surface area contributed by atoms with E-state index in [4.69, 9.17) is 4.42 Å². The van der Waals surface area contributed by atoms with Gasteiger partial charge in [0.15, 0.2) is 0 Å². The van der Waals surface area contributed by atoms with Gasteiger partial charge in [0.05, 0.1) is 6.20 Å². The minimum atomic E-state index is -0.899. The summed E-state index contributed by atoms with van der Waals surface area (Å²) in [5.41, 5.74) is -0.899. The molecule has 6 nitrogen and oxygen atoms in total. The summed E-state index contributed by atoms with van der Waals surface area (Å²) in [4.78, 5) is 28.2. The van der Waals surface area contributed by atoms with Crippen LogP contribution in [0.2, 0.25) is 0 Å². The Morgan fingerprint density at radius 2 is 2.16 bits per heavy atom. The molecule has 1 aromatic rings. The standard InChI is InChI=1S/C13H17N3O3/c1-2-9-7-14-12(19-9)16-11(18)13(5-6-13)10(17)15-8-3-4-8/h7-8H,2-6H2,1H3,(H,15,17)(H,14,16,18). The summed E-state index contributed by atoms with van der Waals surface area (Å²) >= 11 is 0. The van der Waals surface area contributed by atoms with Crippen molar-refractivity contribution < 1.29 is 14.0 Å². The number of carbonyl (C=O) groups is 2. The Bertz CT molecular complexity index is 515. The number of amides is 2. The normalized spacial score (nSPS) is 19.8. The molecule has 0 aliphatic heterocycles. The van der Waals surface area contributed by atoms with Gasteiger partial charge in [-0.05, 0) is 25.7 Å². The summed E-state index contributed by atoms with van der Waals surface area (Å²) < 4.78 is 5.32. The third kappa shape index (κ3) is 2.34. The highest BCUT2D eigenvalue weighted by Crippen LogP contribution is 2.47. The average molecular weight is 263 g/mol. The van der Waals surface area contributed by atoms with Crippen molar-refractivity contribution in [2.45, 2.75) is 45.1 Å². The zero-order chi connectivity index (χ0) is 13.5. The minimum absolute atomic E-state index is 0.158. The van der Waals surface area contributed by atoms with Crippen LogP contribution < -0.4 is 10.6 Å². The summed E-state index contributed by atoms with van der Waals surface area (Å²) in [6.07, 6.45) is 5.53. The molecule has 0 unspecified atom stereocenters. The van der Waals surface area contributed by atoms with E-state index in [-0.39, 0.29) is 23.9 Å². The van der Waals surface area contributed by atoms with Gasteiger partial charge < -0.3 is 9.73 Å². The van der Waals surface area contributed by atoms with E-state index in [9.17, 15) is 9.59 Å². The molecule has 1 heterocycles. The number of hydrogen-bond acceptors (Lipinski definition) is 4. The quantitative estimate of drug-likeness (QED) is 0.783. The molecule has 6 heteroatoms. The van der Waals surface area contributed by atoms with Gasteiger partial charge in [-0.2, -0.15) is 0 Å². The van der Waals surface area contributed by atoms with Crippen molar-refractivity contribution in [1.82, 2.24) is 10.3 Å². The molecule has 0 atom stereocenters. The predicted molar refractivity (Wildman–Crippen MR) is 67.3 cm³/mol. The van der Waals surface area contributed by atoms with Gasteiger partial charge in [-0.25, -0.2) is 4.98 Å². The Kier molecular flexibility index (Phi) is 2.80. The van der Waals surface area contributed by atoms with E-state index < -0.39 is 5.41 Å². The first-order valence-electron chi connectivity index (χ1n) is 6.71. The molecule has 0 aromatic carbocycles. The lowest BCUT2D eigenvalue weighted by Crippen LogP contribution is -2.40. The lowest BCUT2D eigenvalue weighted by atomic mass is 10.1. The molecule has 2 amide bonds. The molecule has 2 aliphatic rings. The first-order valence-corrected chi connectivity index (χ1v) is 6.71. The van der Waals surface area contributed by atoms with Gasteiger partial charge in [0.25, 0.3) is 0 Å². The van der Waals surface area contributed by atoms with Crippen LogP contribution in [0.5, 0.6) is 0 Å². The predicted octanol–water partition coefficient (Wildman–Crippen LogP) is 1.23. The highest BCUT2D eigenvalue weighted by molar-refractivity contribution is 6.12. The van der Waals surface area contributed by atoms with Crippen molar-refractivity contribution in [3.63, 3.8) is 0 Å². The van der Waals surface area contributed by atoms with Crippen LogP contribution in [0.1, 0.15) is 38.4 Å². The number of aryl methyl sites for hydroxylation is 1. The van der Waals surface area contributed by atoms with E-state index in [0.29, 0.717) is 18.6 Å². The lowest BCUT2D eigenvalue weighted by Gasteiger charge is -2.13. The van der Waals surface area contributed by atoms with Crippen molar-refractivity contribution in [3.05, 3.63) is 12.0 Å². The van der Waals surface area contributed by atoms with Gasteiger partial charge in [-0.3, -0.25) is 14.9 Å². The second kappa shape index (κ2) is 4.36. The number of aromatic nitrogens is 1. The zero-order valence-electron chi connectivity index (χ0n) is 10.9. The fraction of sp³-hybridized carbons (Fsp3) is 0.615. The van der Waals surface area contributed by atoms with E-state index in [2.05, 4.69) is 15.6 Å². The molecule has 0 saturated heterocycles. The Morgan fingerprint density at radius 1 is 1.42 bits per heavy atom. The SMILES string of the molecule is CCc1cnc(NC(=O)C2(C(=O)NC3CC3)CC2)o1. The fourth-order valence-electron chi connectivity index (χ4n) is 1.98. The molecule has 0 spiro atoms. The number of nitrogens with one attached hydrogen (secondary N) is 2. The monoisotopic (exact) mass is 263 g/mol. The molecule has 2 aliphatic carbocycles. The molecular weight excluding hydrogens is 246 g/mol. The zero-order valence-corrected chi connectivity index (χ0v) is 10.9. The number of hydrogen-bond donors (Lipinski definition) is 2. The molecule has 102 valence electrons. The van der Waals surface area contributed by atoms with E-state index in [1.807, 2.05) is 6.92 Å². The smallest absolute Gasteiger partial charge is 0.301 e. The average Bonchev–Trinajstić information content (AvgIpc) is 3.29. The van der Waals surface area contributed by atoms with E-state index in [1.54, 1.807) is 6.20 Å². The molecule has 2 N–H and O–H groups in total. The van der Waals surface area contributed by atoms with Crippen molar-refractivity contribution in [3.8, 4) is 0 Å². The third-order valence-electron chi connectivity index (χ3n) is 3.65. The van der Waals surface area contributed by atoms with E-state index in [1.165, 1.54) is 0 Å².